The molecule has 32 nitrogen and oxygen atoms in total. The van der Waals surface area contributed by atoms with Crippen LogP contribution in [0.15, 0.2) is 164 Å². The van der Waals surface area contributed by atoms with Crippen LogP contribution in [0.5, 0.6) is 5.88 Å². The lowest BCUT2D eigenvalue weighted by Crippen LogP contribution is -2.28. The zero-order chi connectivity index (χ0) is 69.2. The molecule has 514 valence electrons. The maximum absolute atomic E-state index is 5.94. The summed E-state index contributed by atoms with van der Waals surface area (Å²) in [6.45, 7) is 7.68. The summed E-state index contributed by atoms with van der Waals surface area (Å²) in [5.74, 6) is 4.57. The first kappa shape index (κ1) is 64.5. The van der Waals surface area contributed by atoms with E-state index < -0.39 is 0 Å². The van der Waals surface area contributed by atoms with Gasteiger partial charge in [-0.25, -0.2) is 44.9 Å². The van der Waals surface area contributed by atoms with E-state index in [4.69, 9.17) is 9.26 Å². The number of imidazole rings is 4. The maximum Gasteiger partial charge on any atom is 0.215 e. The van der Waals surface area contributed by atoms with Crippen LogP contribution in [0.4, 0.5) is 44.6 Å². The molecule has 6 N–H and O–H groups in total. The number of thiophene rings is 1. The largest absolute Gasteiger partial charge is 0.473 e. The Kier molecular flexibility index (Phi) is 17.8. The van der Waals surface area contributed by atoms with Gasteiger partial charge >= 0.3 is 0 Å². The molecular weight excluding hydrogens is 1350 g/mol. The van der Waals surface area contributed by atoms with E-state index in [1.807, 2.05) is 176 Å². The smallest absolute Gasteiger partial charge is 0.215 e. The Labute approximate surface area is 592 Å². The van der Waals surface area contributed by atoms with Gasteiger partial charge < -0.3 is 41.2 Å². The number of hydrogen-bond acceptors (Lipinski definition) is 27. The standard InChI is InChI=1S/C19H20N8O.C18H20N8S.C15H15N7O.C15H11N7S2/c1-26-12-13(9-24-26)16-11-23-19-18(22-6-7-27(16)19)25-14-2-5-21-17(8-14)28-15-3-4-20-10-15;1-25-11-13(9-22-25)15-10-21-18-17(20-5-6-26(15)18)23-16-7-14(24-27-16)12-3-2-4-19-8-12;1-9-13(10(2)23-20-9)19-14-15-17-7-12(22(15)5-4-16-14)11-6-18-21(3)8-11;1-21-8-9(6-18-21)11-7-17-13-12(16-3-4-22(11)13)19-14-10-2-5-23-15(10)20-24-14/h2,5-9,11-12,15,20H,3-4,10H2,1H3,(H,21,22,25);5-7,9-12,19H,2-4,8H2,1H3,(H,20,23);4-8H,1-3H3,(H,16,19);2-8H,1H3,(H,16,19)/t15-;;;/m0.../s1. The Morgan fingerprint density at radius 1 is 0.520 bits per heavy atom. The lowest BCUT2D eigenvalue weighted by molar-refractivity contribution is 0.214. The minimum absolute atomic E-state index is 0.165. The van der Waals surface area contributed by atoms with Gasteiger partial charge in [-0.1, -0.05) is 5.16 Å². The average molecular weight is 1420 g/mol. The van der Waals surface area contributed by atoms with Crippen molar-refractivity contribution in [2.75, 3.05) is 47.4 Å². The molecule has 17 aromatic rings. The molecule has 35 heteroatoms. The Balaban J connectivity index is 0.000000106. The summed E-state index contributed by atoms with van der Waals surface area (Å²) in [6, 6.07) is 7.97. The molecule has 2 aliphatic rings. The predicted molar refractivity (Wildman–Crippen MR) is 390 cm³/mol. The lowest BCUT2D eigenvalue weighted by Gasteiger charge is -2.20. The summed E-state index contributed by atoms with van der Waals surface area (Å²) in [7, 11) is 7.59. The van der Waals surface area contributed by atoms with E-state index in [1.54, 1.807) is 61.0 Å². The van der Waals surface area contributed by atoms with Crippen molar-refractivity contribution in [2.45, 2.75) is 45.1 Å². The van der Waals surface area contributed by atoms with Crippen molar-refractivity contribution in [1.82, 2.24) is 126 Å². The number of nitrogens with zero attached hydrogens (tertiary/aromatic N) is 24. The number of nitrogens with one attached hydrogen (secondary N) is 6. The molecule has 0 spiro atoms. The molecule has 17 aromatic heterocycles. The molecule has 102 heavy (non-hydrogen) atoms. The van der Waals surface area contributed by atoms with Gasteiger partial charge in [-0.05, 0) is 92.8 Å². The lowest BCUT2D eigenvalue weighted by atomic mass is 9.96. The first-order chi connectivity index (χ1) is 50.0. The minimum Gasteiger partial charge on any atom is -0.473 e. The zero-order valence-corrected chi connectivity index (χ0v) is 58.3. The number of pyridine rings is 1. The van der Waals surface area contributed by atoms with Crippen molar-refractivity contribution < 1.29 is 9.26 Å². The summed E-state index contributed by atoms with van der Waals surface area (Å²) in [5.41, 5.74) is 14.5. The molecule has 19 rings (SSSR count). The first-order valence-electron chi connectivity index (χ1n) is 32.6. The van der Waals surface area contributed by atoms with E-state index in [2.05, 4.69) is 123 Å². The number of hydrogen-bond donors (Lipinski definition) is 6. The molecule has 1 unspecified atom stereocenters. The third-order valence-electron chi connectivity index (χ3n) is 17.1. The fraction of sp³-hybridized carbons (Fsp3) is 0.224. The van der Waals surface area contributed by atoms with Gasteiger partial charge in [-0.2, -0.15) is 29.1 Å². The van der Waals surface area contributed by atoms with E-state index in [0.717, 1.165) is 149 Å². The Hall–Kier alpha value is -12.2. The second-order valence-electron chi connectivity index (χ2n) is 24.2. The van der Waals surface area contributed by atoms with Crippen LogP contribution in [0.2, 0.25) is 0 Å². The summed E-state index contributed by atoms with van der Waals surface area (Å²) in [6.07, 6.45) is 42.4. The van der Waals surface area contributed by atoms with Gasteiger partial charge in [0.2, 0.25) is 5.88 Å². The third kappa shape index (κ3) is 13.5. The van der Waals surface area contributed by atoms with Gasteiger partial charge in [0.1, 0.15) is 32.3 Å². The Bertz CT molecular complexity index is 5720. The highest BCUT2D eigenvalue weighted by molar-refractivity contribution is 7.21. The quantitative estimate of drug-likeness (QED) is 0.0555. The number of rotatable bonds is 15. The highest BCUT2D eigenvalue weighted by Gasteiger charge is 2.23. The average Bonchev–Trinajstić information content (AvgIpc) is 1.63. The summed E-state index contributed by atoms with van der Waals surface area (Å²) in [5, 5.41) is 46.1. The molecule has 0 saturated carbocycles. The zero-order valence-electron chi connectivity index (χ0n) is 55.9. The highest BCUT2D eigenvalue weighted by Crippen LogP contribution is 2.36. The number of aryl methyl sites for hydroxylation is 6. The normalized spacial score (nSPS) is 14.4. The summed E-state index contributed by atoms with van der Waals surface area (Å²) < 4.78 is 35.3. The maximum atomic E-state index is 5.94. The fourth-order valence-corrected chi connectivity index (χ4v) is 14.5. The van der Waals surface area contributed by atoms with Gasteiger partial charge in [0.25, 0.3) is 0 Å². The van der Waals surface area contributed by atoms with E-state index in [1.165, 1.54) is 35.9 Å². The van der Waals surface area contributed by atoms with Crippen LogP contribution in [-0.4, -0.2) is 148 Å². The molecule has 19 heterocycles. The number of aromatic nitrogens is 24. The van der Waals surface area contributed by atoms with Gasteiger partial charge in [-0.15, -0.1) is 11.3 Å². The molecule has 2 aliphatic heterocycles. The van der Waals surface area contributed by atoms with Gasteiger partial charge in [0.15, 0.2) is 51.6 Å². The van der Waals surface area contributed by atoms with E-state index in [0.29, 0.717) is 35.0 Å². The predicted octanol–water partition coefficient (Wildman–Crippen LogP) is 10.8. The summed E-state index contributed by atoms with van der Waals surface area (Å²) >= 11 is 4.55. The van der Waals surface area contributed by atoms with Crippen LogP contribution in [0.3, 0.4) is 0 Å². The van der Waals surface area contributed by atoms with Crippen molar-refractivity contribution in [3.63, 3.8) is 0 Å². The monoisotopic (exact) mass is 1420 g/mol. The molecular formula is C67H66N30O2S3. The van der Waals surface area contributed by atoms with Crippen molar-refractivity contribution in [1.29, 1.82) is 0 Å². The van der Waals surface area contributed by atoms with Crippen LogP contribution >= 0.6 is 34.4 Å². The first-order valence-corrected chi connectivity index (χ1v) is 35.0. The SMILES string of the molecule is Cc1noc(C)c1Nc1nccn2c(-c3cnn(C)c3)cnc12.Cn1cc(-c2cnc3c(Nc4cc(C5CCCNC5)ns4)nccn23)cn1.Cn1cc(-c2cnc3c(Nc4ccnc(O[C@H]5CCNC5)c4)nccn23)cn1.Cn1cc(-c2cnc3c(Nc4snc5sccc45)nccn23)cn1. The Morgan fingerprint density at radius 3 is 1.52 bits per heavy atom. The van der Waals surface area contributed by atoms with Crippen LogP contribution in [0.1, 0.15) is 42.3 Å². The summed E-state index contributed by atoms with van der Waals surface area (Å²) in [4.78, 5) is 41.3. The number of ether oxygens (including phenoxy) is 1. The van der Waals surface area contributed by atoms with E-state index in [-0.39, 0.29) is 6.10 Å². The van der Waals surface area contributed by atoms with E-state index in [9.17, 15) is 0 Å². The topological polar surface area (TPSA) is 338 Å². The highest BCUT2D eigenvalue weighted by atomic mass is 32.1. The molecule has 0 amide bonds. The van der Waals surface area contributed by atoms with Crippen LogP contribution in [0.25, 0.3) is 77.8 Å². The molecule has 0 aliphatic carbocycles. The second kappa shape index (κ2) is 28.2. The molecule has 0 radical (unpaired) electrons. The molecule has 2 fully saturated rings. The molecule has 2 atom stereocenters. The second-order valence-corrected chi connectivity index (χ2v) is 26.7. The minimum atomic E-state index is 0.165. The third-order valence-corrected chi connectivity index (χ3v) is 19.5. The number of piperidine rings is 1. The van der Waals surface area contributed by atoms with Gasteiger partial charge in [-0.3, -0.25) is 36.3 Å². The molecule has 0 aromatic carbocycles. The van der Waals surface area contributed by atoms with Gasteiger partial charge in [0, 0.05) is 167 Å². The number of anilines is 8. The molecule has 0 bridgehead atoms. The Morgan fingerprint density at radius 2 is 1.04 bits per heavy atom. The fourth-order valence-electron chi connectivity index (χ4n) is 12.1. The van der Waals surface area contributed by atoms with Crippen molar-refractivity contribution in [3.8, 4) is 50.9 Å². The van der Waals surface area contributed by atoms with Crippen LogP contribution < -0.4 is 36.6 Å². The van der Waals surface area contributed by atoms with Crippen molar-refractivity contribution in [3.05, 3.63) is 177 Å². The van der Waals surface area contributed by atoms with Crippen molar-refractivity contribution >= 4 is 112 Å². The molecule has 2 saturated heterocycles. The van der Waals surface area contributed by atoms with Crippen molar-refractivity contribution in [2.24, 2.45) is 28.2 Å². The van der Waals surface area contributed by atoms with Crippen LogP contribution in [-0.2, 0) is 28.2 Å². The number of fused-ring (bicyclic) bond motifs is 5. The van der Waals surface area contributed by atoms with Gasteiger partial charge in [0.05, 0.1) is 78.0 Å². The van der Waals surface area contributed by atoms with E-state index >= 15 is 0 Å². The van der Waals surface area contributed by atoms with Crippen LogP contribution in [0, 0.1) is 13.8 Å².